The summed E-state index contributed by atoms with van der Waals surface area (Å²) in [7, 11) is 1.66. The Hall–Kier alpha value is -4.04. The second-order valence-corrected chi connectivity index (χ2v) is 9.46. The molecule has 0 saturated carbocycles. The molecule has 0 aliphatic carbocycles. The number of imidazole rings is 1. The van der Waals surface area contributed by atoms with Gasteiger partial charge in [-0.3, -0.25) is 9.20 Å². The number of thiazole rings is 1. The van der Waals surface area contributed by atoms with Crippen LogP contribution in [0.4, 0.5) is 0 Å². The van der Waals surface area contributed by atoms with Crippen LogP contribution in [-0.2, 0) is 6.42 Å². The Morgan fingerprint density at radius 1 is 1.00 bits per heavy atom. The van der Waals surface area contributed by atoms with Gasteiger partial charge in [0.25, 0.3) is 5.91 Å². The maximum atomic E-state index is 12.9. The number of carbonyl (C=O) groups excluding carboxylic acids is 1. The van der Waals surface area contributed by atoms with Crippen molar-refractivity contribution in [1.82, 2.24) is 14.7 Å². The van der Waals surface area contributed by atoms with Crippen LogP contribution in [0.15, 0.2) is 66.9 Å². The number of fused-ring (bicyclic) bond motifs is 3. The topological polar surface area (TPSA) is 74.1 Å². The van der Waals surface area contributed by atoms with Gasteiger partial charge in [0, 0.05) is 23.9 Å². The molecule has 7 nitrogen and oxygen atoms in total. The van der Waals surface area contributed by atoms with Crippen LogP contribution in [0.5, 0.6) is 17.2 Å². The Balaban J connectivity index is 1.27. The minimum Gasteiger partial charge on any atom is -0.497 e. The zero-order valence-electron chi connectivity index (χ0n) is 21.1. The van der Waals surface area contributed by atoms with Gasteiger partial charge in [0.15, 0.2) is 16.5 Å². The van der Waals surface area contributed by atoms with Gasteiger partial charge in [-0.25, -0.2) is 4.98 Å². The molecule has 3 aromatic carbocycles. The molecular formula is C29H29N3O4S. The first kappa shape index (κ1) is 24.6. The molecule has 0 aliphatic rings. The molecule has 0 atom stereocenters. The van der Waals surface area contributed by atoms with E-state index in [-0.39, 0.29) is 5.91 Å². The fourth-order valence-corrected chi connectivity index (χ4v) is 5.28. The number of hydrogen-bond acceptors (Lipinski definition) is 6. The highest BCUT2D eigenvalue weighted by atomic mass is 32.1. The smallest absolute Gasteiger partial charge is 0.251 e. The minimum absolute atomic E-state index is 0.0963. The third-order valence-electron chi connectivity index (χ3n) is 6.03. The molecule has 0 unspecified atom stereocenters. The predicted molar refractivity (Wildman–Crippen MR) is 147 cm³/mol. The SMILES string of the molecule is CCOc1ccc(CCNC(=O)c2ccc3c(c2)sc2nc(-c4cccc(OC)c4)cn23)cc1OCC. The van der Waals surface area contributed by atoms with Crippen molar-refractivity contribution >= 4 is 32.4 Å². The van der Waals surface area contributed by atoms with Gasteiger partial charge in [0.05, 0.1) is 36.2 Å². The van der Waals surface area contributed by atoms with Crippen molar-refractivity contribution in [3.63, 3.8) is 0 Å². The monoisotopic (exact) mass is 515 g/mol. The molecule has 1 amide bonds. The molecule has 0 spiro atoms. The third-order valence-corrected chi connectivity index (χ3v) is 7.05. The van der Waals surface area contributed by atoms with Crippen LogP contribution in [0.3, 0.4) is 0 Å². The van der Waals surface area contributed by atoms with E-state index in [0.29, 0.717) is 31.7 Å². The van der Waals surface area contributed by atoms with Crippen LogP contribution in [-0.4, -0.2) is 42.2 Å². The summed E-state index contributed by atoms with van der Waals surface area (Å²) in [5.41, 5.74) is 4.62. The van der Waals surface area contributed by atoms with Crippen LogP contribution in [0, 0.1) is 0 Å². The van der Waals surface area contributed by atoms with E-state index in [0.717, 1.165) is 49.2 Å². The van der Waals surface area contributed by atoms with Crippen molar-refractivity contribution in [2.75, 3.05) is 26.9 Å². The number of methoxy groups -OCH3 is 1. The molecule has 190 valence electrons. The van der Waals surface area contributed by atoms with E-state index in [1.54, 1.807) is 18.4 Å². The Morgan fingerprint density at radius 2 is 1.84 bits per heavy atom. The number of ether oxygens (including phenoxy) is 3. The minimum atomic E-state index is -0.0963. The molecule has 0 aliphatic heterocycles. The lowest BCUT2D eigenvalue weighted by Gasteiger charge is -2.12. The lowest BCUT2D eigenvalue weighted by Crippen LogP contribution is -2.25. The lowest BCUT2D eigenvalue weighted by atomic mass is 10.1. The van der Waals surface area contributed by atoms with Gasteiger partial charge in [-0.05, 0) is 68.3 Å². The number of rotatable bonds is 10. The van der Waals surface area contributed by atoms with Crippen molar-refractivity contribution in [1.29, 1.82) is 0 Å². The molecule has 2 aromatic heterocycles. The molecule has 8 heteroatoms. The zero-order chi connectivity index (χ0) is 25.8. The normalized spacial score (nSPS) is 11.1. The number of nitrogens with one attached hydrogen (secondary N) is 1. The number of carbonyl (C=O) groups is 1. The van der Waals surface area contributed by atoms with Crippen molar-refractivity contribution < 1.29 is 19.0 Å². The average molecular weight is 516 g/mol. The summed E-state index contributed by atoms with van der Waals surface area (Å²) in [6.07, 6.45) is 2.72. The van der Waals surface area contributed by atoms with Crippen molar-refractivity contribution in [3.8, 4) is 28.5 Å². The second-order valence-electron chi connectivity index (χ2n) is 8.45. The first-order chi connectivity index (χ1) is 18.1. The van der Waals surface area contributed by atoms with Crippen LogP contribution in [0.2, 0.25) is 0 Å². The maximum absolute atomic E-state index is 12.9. The van der Waals surface area contributed by atoms with Gasteiger partial charge >= 0.3 is 0 Å². The Kier molecular flexibility index (Phi) is 7.28. The molecular weight excluding hydrogens is 486 g/mol. The van der Waals surface area contributed by atoms with E-state index >= 15 is 0 Å². The number of nitrogens with zero attached hydrogens (tertiary/aromatic N) is 2. The molecule has 0 fully saturated rings. The summed E-state index contributed by atoms with van der Waals surface area (Å²) in [4.78, 5) is 18.5. The summed E-state index contributed by atoms with van der Waals surface area (Å²) < 4.78 is 19.8. The van der Waals surface area contributed by atoms with Crippen molar-refractivity contribution in [3.05, 3.63) is 78.0 Å². The molecule has 5 aromatic rings. The van der Waals surface area contributed by atoms with Crippen molar-refractivity contribution in [2.24, 2.45) is 0 Å². The maximum Gasteiger partial charge on any atom is 0.251 e. The molecule has 0 saturated heterocycles. The van der Waals surface area contributed by atoms with Gasteiger partial charge in [-0.2, -0.15) is 0 Å². The van der Waals surface area contributed by atoms with E-state index in [1.807, 2.05) is 80.7 Å². The number of hydrogen-bond donors (Lipinski definition) is 1. The third kappa shape index (κ3) is 5.24. The summed E-state index contributed by atoms with van der Waals surface area (Å²) in [6, 6.07) is 19.5. The van der Waals surface area contributed by atoms with Gasteiger partial charge in [0.1, 0.15) is 5.75 Å². The summed E-state index contributed by atoms with van der Waals surface area (Å²) in [5, 5.41) is 3.03. The lowest BCUT2D eigenvalue weighted by molar-refractivity contribution is 0.0954. The summed E-state index contributed by atoms with van der Waals surface area (Å²) in [6.45, 7) is 5.57. The fraction of sp³-hybridized carbons (Fsp3) is 0.241. The molecule has 0 bridgehead atoms. The zero-order valence-corrected chi connectivity index (χ0v) is 21.9. The van der Waals surface area contributed by atoms with Gasteiger partial charge in [-0.1, -0.05) is 29.5 Å². The van der Waals surface area contributed by atoms with Crippen LogP contribution >= 0.6 is 11.3 Å². The van der Waals surface area contributed by atoms with Gasteiger partial charge in [-0.15, -0.1) is 0 Å². The highest BCUT2D eigenvalue weighted by Crippen LogP contribution is 2.31. The van der Waals surface area contributed by atoms with Crippen LogP contribution in [0.1, 0.15) is 29.8 Å². The van der Waals surface area contributed by atoms with Gasteiger partial charge in [0.2, 0.25) is 0 Å². The highest BCUT2D eigenvalue weighted by molar-refractivity contribution is 7.23. The predicted octanol–water partition coefficient (Wildman–Crippen LogP) is 5.99. The fourth-order valence-electron chi connectivity index (χ4n) is 4.24. The van der Waals surface area contributed by atoms with E-state index in [2.05, 4.69) is 9.72 Å². The largest absolute Gasteiger partial charge is 0.497 e. The average Bonchev–Trinajstić information content (AvgIpc) is 3.48. The summed E-state index contributed by atoms with van der Waals surface area (Å²) >= 11 is 1.57. The van der Waals surface area contributed by atoms with E-state index in [4.69, 9.17) is 19.2 Å². The second kappa shape index (κ2) is 10.9. The Morgan fingerprint density at radius 3 is 2.65 bits per heavy atom. The molecule has 2 heterocycles. The molecule has 1 N–H and O–H groups in total. The van der Waals surface area contributed by atoms with Crippen molar-refractivity contribution in [2.45, 2.75) is 20.3 Å². The summed E-state index contributed by atoms with van der Waals surface area (Å²) in [5.74, 6) is 2.17. The molecule has 5 rings (SSSR count). The van der Waals surface area contributed by atoms with E-state index < -0.39 is 0 Å². The first-order valence-corrected chi connectivity index (χ1v) is 13.1. The first-order valence-electron chi connectivity index (χ1n) is 12.3. The highest BCUT2D eigenvalue weighted by Gasteiger charge is 2.14. The number of amides is 1. The Labute approximate surface area is 219 Å². The van der Waals surface area contributed by atoms with Crippen LogP contribution in [0.25, 0.3) is 26.4 Å². The number of aromatic nitrogens is 2. The van der Waals surface area contributed by atoms with Gasteiger partial charge < -0.3 is 19.5 Å². The Bertz CT molecular complexity index is 1560. The van der Waals surface area contributed by atoms with E-state index in [9.17, 15) is 4.79 Å². The van der Waals surface area contributed by atoms with E-state index in [1.165, 1.54) is 0 Å². The number of benzene rings is 3. The standard InChI is InChI=1S/C29H29N3O4S/c1-4-35-25-12-9-19(15-26(25)36-5-2)13-14-30-28(33)21-10-11-24-27(17-21)37-29-31-23(18-32(24)29)20-7-6-8-22(16-20)34-3/h6-12,15-18H,4-5,13-14H2,1-3H3,(H,30,33). The quantitative estimate of drug-likeness (QED) is 0.247. The molecule has 37 heavy (non-hydrogen) atoms. The molecule has 0 radical (unpaired) electrons. The van der Waals surface area contributed by atoms with Crippen LogP contribution < -0.4 is 19.5 Å².